The number of carbonyl (C=O) groups is 1. The SMILES string of the molecule is COc1ccc2cc(C(=O)[C@H]3CN(C4CCC4)CC[C@H]3C(C)C)ccc2c1CC#N. The Balaban J connectivity index is 1.65. The van der Waals surface area contributed by atoms with Crippen molar-refractivity contribution in [3.05, 3.63) is 41.5 Å². The van der Waals surface area contributed by atoms with Crippen LogP contribution >= 0.6 is 0 Å². The van der Waals surface area contributed by atoms with Gasteiger partial charge in [-0.25, -0.2) is 0 Å². The number of rotatable bonds is 6. The monoisotopic (exact) mass is 404 g/mol. The number of methoxy groups -OCH3 is 1. The summed E-state index contributed by atoms with van der Waals surface area (Å²) >= 11 is 0. The molecule has 0 aromatic heterocycles. The van der Waals surface area contributed by atoms with Crippen molar-refractivity contribution in [2.75, 3.05) is 20.2 Å². The van der Waals surface area contributed by atoms with E-state index < -0.39 is 0 Å². The molecule has 0 unspecified atom stereocenters. The van der Waals surface area contributed by atoms with Gasteiger partial charge in [-0.3, -0.25) is 9.69 Å². The second-order valence-electron chi connectivity index (χ2n) is 9.26. The molecule has 0 radical (unpaired) electrons. The van der Waals surface area contributed by atoms with Gasteiger partial charge in [0, 0.05) is 29.6 Å². The summed E-state index contributed by atoms with van der Waals surface area (Å²) in [5, 5.41) is 11.2. The zero-order valence-corrected chi connectivity index (χ0v) is 18.4. The van der Waals surface area contributed by atoms with E-state index in [0.29, 0.717) is 24.3 Å². The van der Waals surface area contributed by atoms with Gasteiger partial charge in [0.05, 0.1) is 19.6 Å². The normalized spacial score (nSPS) is 22.6. The fourth-order valence-corrected chi connectivity index (χ4v) is 5.35. The van der Waals surface area contributed by atoms with Crippen LogP contribution in [-0.2, 0) is 6.42 Å². The number of Topliss-reactive ketones (excluding diaryl/α,β-unsaturated/α-hetero) is 1. The van der Waals surface area contributed by atoms with Crippen LogP contribution < -0.4 is 4.74 Å². The molecule has 2 fully saturated rings. The first-order valence-electron chi connectivity index (χ1n) is 11.3. The molecule has 0 bridgehead atoms. The van der Waals surface area contributed by atoms with Crippen LogP contribution in [0.3, 0.4) is 0 Å². The van der Waals surface area contributed by atoms with Crippen LogP contribution in [0.2, 0.25) is 0 Å². The van der Waals surface area contributed by atoms with E-state index in [9.17, 15) is 10.1 Å². The van der Waals surface area contributed by atoms with Gasteiger partial charge in [-0.05, 0) is 60.5 Å². The molecule has 2 aromatic carbocycles. The van der Waals surface area contributed by atoms with Crippen LogP contribution in [0.5, 0.6) is 5.75 Å². The summed E-state index contributed by atoms with van der Waals surface area (Å²) < 4.78 is 5.45. The lowest BCUT2D eigenvalue weighted by Crippen LogP contribution is -2.51. The van der Waals surface area contributed by atoms with Gasteiger partial charge in [0.1, 0.15) is 5.75 Å². The minimum absolute atomic E-state index is 0.0635. The third kappa shape index (κ3) is 3.84. The Bertz CT molecular complexity index is 971. The maximum Gasteiger partial charge on any atom is 0.167 e. The smallest absolute Gasteiger partial charge is 0.167 e. The molecule has 4 nitrogen and oxygen atoms in total. The third-order valence-corrected chi connectivity index (χ3v) is 7.33. The van der Waals surface area contributed by atoms with E-state index in [-0.39, 0.29) is 11.7 Å². The molecule has 2 aromatic rings. The minimum Gasteiger partial charge on any atom is -0.496 e. The van der Waals surface area contributed by atoms with Crippen LogP contribution in [0, 0.1) is 29.1 Å². The zero-order chi connectivity index (χ0) is 21.3. The molecule has 1 saturated carbocycles. The Labute approximate surface area is 179 Å². The van der Waals surface area contributed by atoms with Crippen LogP contribution in [0.4, 0.5) is 0 Å². The average Bonchev–Trinajstić information content (AvgIpc) is 2.71. The summed E-state index contributed by atoms with van der Waals surface area (Å²) in [4.78, 5) is 16.2. The summed E-state index contributed by atoms with van der Waals surface area (Å²) in [7, 11) is 1.63. The van der Waals surface area contributed by atoms with Crippen LogP contribution in [0.1, 0.15) is 55.5 Å². The van der Waals surface area contributed by atoms with Gasteiger partial charge in [-0.15, -0.1) is 0 Å². The first-order chi connectivity index (χ1) is 14.5. The van der Waals surface area contributed by atoms with Crippen LogP contribution in [0.15, 0.2) is 30.3 Å². The van der Waals surface area contributed by atoms with Crippen molar-refractivity contribution in [2.45, 2.75) is 52.0 Å². The summed E-state index contributed by atoms with van der Waals surface area (Å²) in [6.07, 6.45) is 5.30. The molecule has 1 heterocycles. The van der Waals surface area contributed by atoms with E-state index in [1.54, 1.807) is 7.11 Å². The quantitative estimate of drug-likeness (QED) is 0.618. The fourth-order valence-electron chi connectivity index (χ4n) is 5.35. The third-order valence-electron chi connectivity index (χ3n) is 7.33. The number of piperidine rings is 1. The Morgan fingerprint density at radius 3 is 2.67 bits per heavy atom. The van der Waals surface area contributed by atoms with Gasteiger partial charge in [0.15, 0.2) is 5.78 Å². The lowest BCUT2D eigenvalue weighted by atomic mass is 9.73. The van der Waals surface area contributed by atoms with E-state index in [2.05, 4.69) is 24.8 Å². The lowest BCUT2D eigenvalue weighted by molar-refractivity contribution is 0.0304. The topological polar surface area (TPSA) is 53.3 Å². The summed E-state index contributed by atoms with van der Waals surface area (Å²) in [5.41, 5.74) is 1.69. The maximum atomic E-state index is 13.7. The van der Waals surface area contributed by atoms with Crippen molar-refractivity contribution in [1.29, 1.82) is 5.26 Å². The molecule has 30 heavy (non-hydrogen) atoms. The van der Waals surface area contributed by atoms with Gasteiger partial charge in [-0.1, -0.05) is 38.5 Å². The Morgan fingerprint density at radius 2 is 2.03 bits per heavy atom. The number of ether oxygens (including phenoxy) is 1. The standard InChI is InChI=1S/C26H32N2O2/c1-17(2)21-12-14-28(20-5-4-6-20)16-24(21)26(29)19-7-9-22-18(15-19)8-10-25(30-3)23(22)11-13-27/h7-10,15,17,20-21,24H,4-6,11-12,14,16H2,1-3H3/t21-,24-/m0/s1. The van der Waals surface area contributed by atoms with Gasteiger partial charge in [0.2, 0.25) is 0 Å². The van der Waals surface area contributed by atoms with Crippen molar-refractivity contribution in [3.63, 3.8) is 0 Å². The molecule has 2 atom stereocenters. The summed E-state index contributed by atoms with van der Waals surface area (Å²) in [6.45, 7) is 6.54. The molecule has 4 heteroatoms. The summed E-state index contributed by atoms with van der Waals surface area (Å²) in [5.74, 6) is 2.02. The number of hydrogen-bond donors (Lipinski definition) is 0. The largest absolute Gasteiger partial charge is 0.496 e. The number of carbonyl (C=O) groups excluding carboxylic acids is 1. The molecule has 0 spiro atoms. The van der Waals surface area contributed by atoms with Crippen molar-refractivity contribution in [1.82, 2.24) is 4.90 Å². The minimum atomic E-state index is 0.0635. The highest BCUT2D eigenvalue weighted by atomic mass is 16.5. The number of nitrogens with zero attached hydrogens (tertiary/aromatic N) is 2. The number of nitriles is 1. The first-order valence-corrected chi connectivity index (χ1v) is 11.3. The van der Waals surface area contributed by atoms with E-state index in [0.717, 1.165) is 47.2 Å². The summed E-state index contributed by atoms with van der Waals surface area (Å²) in [6, 6.07) is 12.8. The number of hydrogen-bond acceptors (Lipinski definition) is 4. The van der Waals surface area contributed by atoms with Gasteiger partial charge < -0.3 is 4.74 Å². The van der Waals surface area contributed by atoms with Crippen molar-refractivity contribution < 1.29 is 9.53 Å². The molecule has 0 N–H and O–H groups in total. The van der Waals surface area contributed by atoms with Crippen LogP contribution in [0.25, 0.3) is 10.8 Å². The highest BCUT2D eigenvalue weighted by molar-refractivity contribution is 6.02. The predicted molar refractivity (Wildman–Crippen MR) is 120 cm³/mol. The van der Waals surface area contributed by atoms with Crippen molar-refractivity contribution >= 4 is 16.6 Å². The Hall–Kier alpha value is -2.38. The molecular formula is C26H32N2O2. The maximum absolute atomic E-state index is 13.7. The highest BCUT2D eigenvalue weighted by Gasteiger charge is 2.39. The molecule has 1 aliphatic carbocycles. The van der Waals surface area contributed by atoms with E-state index >= 15 is 0 Å². The fraction of sp³-hybridized carbons (Fsp3) is 0.538. The molecular weight excluding hydrogens is 372 g/mol. The highest BCUT2D eigenvalue weighted by Crippen LogP contribution is 2.37. The van der Waals surface area contributed by atoms with Crippen molar-refractivity contribution in [3.8, 4) is 11.8 Å². The molecule has 1 saturated heterocycles. The van der Waals surface area contributed by atoms with E-state index in [4.69, 9.17) is 4.74 Å². The Kier molecular flexibility index (Phi) is 6.11. The molecule has 2 aliphatic rings. The molecule has 1 aliphatic heterocycles. The lowest BCUT2D eigenvalue weighted by Gasteiger charge is -2.46. The number of fused-ring (bicyclic) bond motifs is 1. The molecule has 4 rings (SSSR count). The van der Waals surface area contributed by atoms with Gasteiger partial charge in [-0.2, -0.15) is 5.26 Å². The van der Waals surface area contributed by atoms with E-state index in [1.165, 1.54) is 19.3 Å². The number of benzene rings is 2. The number of likely N-dealkylation sites (tertiary alicyclic amines) is 1. The first kappa shape index (κ1) is 20.9. The van der Waals surface area contributed by atoms with Crippen LogP contribution in [-0.4, -0.2) is 36.9 Å². The van der Waals surface area contributed by atoms with Gasteiger partial charge in [0.25, 0.3) is 0 Å². The number of ketones is 1. The zero-order valence-electron chi connectivity index (χ0n) is 18.4. The second-order valence-corrected chi connectivity index (χ2v) is 9.26. The Morgan fingerprint density at radius 1 is 1.23 bits per heavy atom. The van der Waals surface area contributed by atoms with Gasteiger partial charge >= 0.3 is 0 Å². The molecule has 158 valence electrons. The predicted octanol–water partition coefficient (Wildman–Crippen LogP) is 5.24. The van der Waals surface area contributed by atoms with Crippen molar-refractivity contribution in [2.24, 2.45) is 17.8 Å². The second kappa shape index (κ2) is 8.78. The molecule has 0 amide bonds. The van der Waals surface area contributed by atoms with E-state index in [1.807, 2.05) is 30.3 Å². The average molecular weight is 405 g/mol.